The van der Waals surface area contributed by atoms with E-state index in [9.17, 15) is 9.18 Å². The second-order valence-electron chi connectivity index (χ2n) is 4.53. The highest BCUT2D eigenvalue weighted by atomic mass is 79.9. The van der Waals surface area contributed by atoms with E-state index in [1.807, 2.05) is 0 Å². The maximum absolute atomic E-state index is 13.7. The van der Waals surface area contributed by atoms with Crippen molar-refractivity contribution in [2.75, 3.05) is 19.0 Å². The highest BCUT2D eigenvalue weighted by Gasteiger charge is 2.04. The molecule has 0 aliphatic heterocycles. The summed E-state index contributed by atoms with van der Waals surface area (Å²) in [6, 6.07) is 8.10. The molecule has 1 N–H and O–H groups in total. The number of rotatable bonds is 6. The van der Waals surface area contributed by atoms with Crippen LogP contribution >= 0.6 is 15.9 Å². The van der Waals surface area contributed by atoms with Gasteiger partial charge in [-0.25, -0.2) is 4.39 Å². The van der Waals surface area contributed by atoms with Gasteiger partial charge in [0.25, 0.3) is 5.56 Å². The Morgan fingerprint density at radius 1 is 1.33 bits per heavy atom. The number of anilines is 1. The first-order valence-electron chi connectivity index (χ1n) is 6.47. The molecule has 1 heterocycles. The number of pyridine rings is 1. The standard InChI is InChI=1S/C15H16BrFN2O2/c1-21-7-6-19-10-13(4-5-15(19)20)18-9-11-2-3-12(16)8-14(11)17/h2-5,8,10,18H,6-7,9H2,1H3. The quantitative estimate of drug-likeness (QED) is 0.866. The van der Waals surface area contributed by atoms with Crippen LogP contribution in [0.25, 0.3) is 0 Å². The monoisotopic (exact) mass is 354 g/mol. The van der Waals surface area contributed by atoms with Gasteiger partial charge >= 0.3 is 0 Å². The second-order valence-corrected chi connectivity index (χ2v) is 5.45. The Balaban J connectivity index is 2.07. The molecular weight excluding hydrogens is 339 g/mol. The molecule has 0 radical (unpaired) electrons. The normalized spacial score (nSPS) is 10.6. The number of nitrogens with zero attached hydrogens (tertiary/aromatic N) is 1. The van der Waals surface area contributed by atoms with E-state index in [4.69, 9.17) is 4.74 Å². The zero-order chi connectivity index (χ0) is 15.2. The van der Waals surface area contributed by atoms with E-state index in [0.717, 1.165) is 5.69 Å². The Hall–Kier alpha value is -1.66. The Bertz CT molecular complexity index is 673. The van der Waals surface area contributed by atoms with Crippen molar-refractivity contribution < 1.29 is 9.13 Å². The van der Waals surface area contributed by atoms with E-state index >= 15 is 0 Å². The van der Waals surface area contributed by atoms with E-state index in [1.54, 1.807) is 36.1 Å². The third-order valence-corrected chi connectivity index (χ3v) is 3.51. The molecule has 0 aliphatic rings. The lowest BCUT2D eigenvalue weighted by molar-refractivity contribution is 0.186. The minimum absolute atomic E-state index is 0.0903. The van der Waals surface area contributed by atoms with Gasteiger partial charge in [-0.05, 0) is 18.2 Å². The Morgan fingerprint density at radius 2 is 2.14 bits per heavy atom. The predicted molar refractivity (Wildman–Crippen MR) is 84.0 cm³/mol. The molecule has 2 rings (SSSR count). The van der Waals surface area contributed by atoms with Crippen LogP contribution in [-0.2, 0) is 17.8 Å². The molecule has 21 heavy (non-hydrogen) atoms. The smallest absolute Gasteiger partial charge is 0.250 e. The molecule has 0 spiro atoms. The molecule has 0 aliphatic carbocycles. The van der Waals surface area contributed by atoms with Crippen LogP contribution in [0, 0.1) is 5.82 Å². The molecular formula is C15H16BrFN2O2. The third kappa shape index (κ3) is 4.41. The number of nitrogens with one attached hydrogen (secondary N) is 1. The van der Waals surface area contributed by atoms with Gasteiger partial charge in [0.05, 0.1) is 12.3 Å². The van der Waals surface area contributed by atoms with Crippen molar-refractivity contribution in [3.05, 3.63) is 62.7 Å². The molecule has 0 atom stereocenters. The summed E-state index contributed by atoms with van der Waals surface area (Å²) in [5.41, 5.74) is 1.23. The molecule has 6 heteroatoms. The number of benzene rings is 1. The summed E-state index contributed by atoms with van der Waals surface area (Å²) in [5.74, 6) is -0.274. The van der Waals surface area contributed by atoms with Crippen molar-refractivity contribution in [1.82, 2.24) is 4.57 Å². The van der Waals surface area contributed by atoms with E-state index < -0.39 is 0 Å². The first-order chi connectivity index (χ1) is 10.1. The zero-order valence-electron chi connectivity index (χ0n) is 11.6. The van der Waals surface area contributed by atoms with Gasteiger partial charge in [0.2, 0.25) is 0 Å². The maximum Gasteiger partial charge on any atom is 0.250 e. The summed E-state index contributed by atoms with van der Waals surface area (Å²) in [6.45, 7) is 1.30. The fourth-order valence-electron chi connectivity index (χ4n) is 1.86. The zero-order valence-corrected chi connectivity index (χ0v) is 13.2. The van der Waals surface area contributed by atoms with Crippen molar-refractivity contribution in [1.29, 1.82) is 0 Å². The number of hydrogen-bond donors (Lipinski definition) is 1. The Kier molecular flexibility index (Phi) is 5.52. The largest absolute Gasteiger partial charge is 0.383 e. The van der Waals surface area contributed by atoms with Gasteiger partial charge in [-0.15, -0.1) is 0 Å². The Labute approximate surface area is 130 Å². The number of methoxy groups -OCH3 is 1. The van der Waals surface area contributed by atoms with Gasteiger partial charge < -0.3 is 14.6 Å². The molecule has 0 amide bonds. The van der Waals surface area contributed by atoms with Gasteiger partial charge in [0, 0.05) is 42.5 Å². The average molecular weight is 355 g/mol. The number of aromatic nitrogens is 1. The summed E-state index contributed by atoms with van der Waals surface area (Å²) in [6.07, 6.45) is 1.71. The first kappa shape index (κ1) is 15.7. The van der Waals surface area contributed by atoms with Crippen LogP contribution in [0.1, 0.15) is 5.56 Å². The SMILES string of the molecule is COCCn1cc(NCc2ccc(Br)cc2F)ccc1=O. The lowest BCUT2D eigenvalue weighted by atomic mass is 10.2. The fourth-order valence-corrected chi connectivity index (χ4v) is 2.20. The summed E-state index contributed by atoms with van der Waals surface area (Å²) in [7, 11) is 1.59. The summed E-state index contributed by atoms with van der Waals surface area (Å²) in [5, 5.41) is 3.11. The van der Waals surface area contributed by atoms with Gasteiger partial charge in [-0.2, -0.15) is 0 Å². The molecule has 0 saturated carbocycles. The minimum Gasteiger partial charge on any atom is -0.383 e. The van der Waals surface area contributed by atoms with Crippen LogP contribution in [0.5, 0.6) is 0 Å². The highest BCUT2D eigenvalue weighted by Crippen LogP contribution is 2.16. The van der Waals surface area contributed by atoms with Gasteiger partial charge in [0.1, 0.15) is 5.82 Å². The Morgan fingerprint density at radius 3 is 2.86 bits per heavy atom. The fraction of sp³-hybridized carbons (Fsp3) is 0.267. The summed E-state index contributed by atoms with van der Waals surface area (Å²) < 4.78 is 20.9. The van der Waals surface area contributed by atoms with Gasteiger partial charge in [-0.1, -0.05) is 22.0 Å². The molecule has 0 saturated heterocycles. The molecule has 4 nitrogen and oxygen atoms in total. The van der Waals surface area contributed by atoms with E-state index in [2.05, 4.69) is 21.2 Å². The van der Waals surface area contributed by atoms with E-state index in [1.165, 1.54) is 12.1 Å². The van der Waals surface area contributed by atoms with Crippen molar-refractivity contribution in [2.45, 2.75) is 13.1 Å². The molecule has 1 aromatic heterocycles. The van der Waals surface area contributed by atoms with Gasteiger partial charge in [-0.3, -0.25) is 4.79 Å². The van der Waals surface area contributed by atoms with E-state index in [0.29, 0.717) is 29.7 Å². The topological polar surface area (TPSA) is 43.3 Å². The number of hydrogen-bond acceptors (Lipinski definition) is 3. The predicted octanol–water partition coefficient (Wildman–Crippen LogP) is 3.01. The molecule has 0 unspecified atom stereocenters. The van der Waals surface area contributed by atoms with Crippen LogP contribution in [0.15, 0.2) is 45.8 Å². The lowest BCUT2D eigenvalue weighted by Crippen LogP contribution is -2.21. The molecule has 1 aromatic carbocycles. The molecule has 112 valence electrons. The van der Waals surface area contributed by atoms with Crippen molar-refractivity contribution in [2.24, 2.45) is 0 Å². The molecule has 0 fully saturated rings. The van der Waals surface area contributed by atoms with E-state index in [-0.39, 0.29) is 11.4 Å². The van der Waals surface area contributed by atoms with Gasteiger partial charge in [0.15, 0.2) is 0 Å². The number of halogens is 2. The maximum atomic E-state index is 13.7. The highest BCUT2D eigenvalue weighted by molar-refractivity contribution is 9.10. The molecule has 2 aromatic rings. The van der Waals surface area contributed by atoms with Crippen molar-refractivity contribution in [3.63, 3.8) is 0 Å². The van der Waals surface area contributed by atoms with Crippen LogP contribution in [0.2, 0.25) is 0 Å². The lowest BCUT2D eigenvalue weighted by Gasteiger charge is -2.10. The third-order valence-electron chi connectivity index (χ3n) is 3.02. The van der Waals surface area contributed by atoms with Crippen LogP contribution < -0.4 is 10.9 Å². The summed E-state index contributed by atoms with van der Waals surface area (Å²) >= 11 is 3.22. The number of ether oxygens (including phenoxy) is 1. The van der Waals surface area contributed by atoms with Crippen LogP contribution in [0.3, 0.4) is 0 Å². The van der Waals surface area contributed by atoms with Crippen LogP contribution in [-0.4, -0.2) is 18.3 Å². The average Bonchev–Trinajstić information content (AvgIpc) is 2.46. The van der Waals surface area contributed by atoms with Crippen molar-refractivity contribution in [3.8, 4) is 0 Å². The van der Waals surface area contributed by atoms with Crippen LogP contribution in [0.4, 0.5) is 10.1 Å². The van der Waals surface area contributed by atoms with Crippen molar-refractivity contribution >= 4 is 21.6 Å². The summed E-state index contributed by atoms with van der Waals surface area (Å²) in [4.78, 5) is 11.7. The molecule has 0 bridgehead atoms. The minimum atomic E-state index is -0.274. The first-order valence-corrected chi connectivity index (χ1v) is 7.26. The second kappa shape index (κ2) is 7.38.